The molecule has 0 radical (unpaired) electrons. The van der Waals surface area contributed by atoms with E-state index in [1.165, 1.54) is 11.1 Å². The molecule has 0 amide bonds. The summed E-state index contributed by atoms with van der Waals surface area (Å²) in [5.41, 5.74) is 4.46. The quantitative estimate of drug-likeness (QED) is 0.763. The van der Waals surface area contributed by atoms with Gasteiger partial charge in [0.25, 0.3) is 0 Å². The summed E-state index contributed by atoms with van der Waals surface area (Å²) in [7, 11) is 0. The van der Waals surface area contributed by atoms with E-state index in [1.54, 1.807) is 12.1 Å². The van der Waals surface area contributed by atoms with Crippen molar-refractivity contribution in [3.05, 3.63) is 58.7 Å². The second kappa shape index (κ2) is 6.27. The molecule has 0 aliphatic carbocycles. The molecule has 0 saturated heterocycles. The Balaban J connectivity index is 2.71. The van der Waals surface area contributed by atoms with Crippen LogP contribution >= 0.6 is 0 Å². The summed E-state index contributed by atoms with van der Waals surface area (Å²) in [5, 5.41) is 19.9. The smallest absolute Gasteiger partial charge is 0.119 e. The minimum atomic E-state index is -0.204. The second-order valence-electron chi connectivity index (χ2n) is 7.44. The molecule has 2 aromatic rings. The Hall–Kier alpha value is -1.96. The van der Waals surface area contributed by atoms with Crippen LogP contribution in [0.1, 0.15) is 75.6 Å². The molecule has 0 aromatic heterocycles. The Morgan fingerprint density at radius 3 is 1.74 bits per heavy atom. The van der Waals surface area contributed by atoms with E-state index in [9.17, 15) is 10.2 Å². The number of phenols is 2. The van der Waals surface area contributed by atoms with Crippen molar-refractivity contribution >= 4 is 0 Å². The van der Waals surface area contributed by atoms with E-state index in [2.05, 4.69) is 41.5 Å². The summed E-state index contributed by atoms with van der Waals surface area (Å²) >= 11 is 0. The van der Waals surface area contributed by atoms with Crippen LogP contribution in [0.4, 0.5) is 0 Å². The molecule has 0 heterocycles. The zero-order valence-electron chi connectivity index (χ0n) is 15.0. The highest BCUT2D eigenvalue weighted by Gasteiger charge is 2.29. The lowest BCUT2D eigenvalue weighted by Crippen LogP contribution is -2.22. The van der Waals surface area contributed by atoms with Gasteiger partial charge >= 0.3 is 0 Å². The third kappa shape index (κ3) is 3.21. The Kier molecular flexibility index (Phi) is 4.74. The molecule has 2 heteroatoms. The first-order valence-electron chi connectivity index (χ1n) is 8.32. The fourth-order valence-corrected chi connectivity index (χ4v) is 3.43. The monoisotopic (exact) mass is 312 g/mol. The summed E-state index contributed by atoms with van der Waals surface area (Å²) in [6, 6.07) is 11.3. The average Bonchev–Trinajstić information content (AvgIpc) is 2.46. The van der Waals surface area contributed by atoms with Crippen molar-refractivity contribution in [1.82, 2.24) is 0 Å². The number of benzene rings is 2. The zero-order chi connectivity index (χ0) is 17.4. The molecule has 2 aromatic carbocycles. The molecule has 0 fully saturated rings. The van der Waals surface area contributed by atoms with Gasteiger partial charge in [0.05, 0.1) is 0 Å². The van der Waals surface area contributed by atoms with E-state index in [0.29, 0.717) is 11.7 Å². The molecule has 23 heavy (non-hydrogen) atoms. The maximum absolute atomic E-state index is 10.4. The van der Waals surface area contributed by atoms with Gasteiger partial charge in [-0.15, -0.1) is 0 Å². The third-order valence-electron chi connectivity index (χ3n) is 4.68. The molecule has 0 spiro atoms. The minimum Gasteiger partial charge on any atom is -0.508 e. The fraction of sp³-hybridized carbons (Fsp3) is 0.429. The van der Waals surface area contributed by atoms with Crippen molar-refractivity contribution < 1.29 is 10.2 Å². The summed E-state index contributed by atoms with van der Waals surface area (Å²) in [4.78, 5) is 0. The van der Waals surface area contributed by atoms with Gasteiger partial charge in [-0.1, -0.05) is 59.7 Å². The van der Waals surface area contributed by atoms with Crippen molar-refractivity contribution in [1.29, 1.82) is 0 Å². The molecule has 124 valence electrons. The van der Waals surface area contributed by atoms with Crippen LogP contribution < -0.4 is 0 Å². The van der Waals surface area contributed by atoms with E-state index < -0.39 is 0 Å². The van der Waals surface area contributed by atoms with Crippen LogP contribution in [0.3, 0.4) is 0 Å². The first-order valence-corrected chi connectivity index (χ1v) is 8.32. The van der Waals surface area contributed by atoms with E-state index in [-0.39, 0.29) is 17.1 Å². The molecule has 0 aliphatic rings. The summed E-state index contributed by atoms with van der Waals surface area (Å²) in [6.45, 7) is 13.0. The van der Waals surface area contributed by atoms with Gasteiger partial charge in [0, 0.05) is 11.0 Å². The normalized spacial score (nSPS) is 12.2. The number of hydrogen-bond donors (Lipinski definition) is 2. The lowest BCUT2D eigenvalue weighted by Gasteiger charge is -2.32. The standard InChI is InChI=1S/C21H28O2/c1-13(2)19-17(11-12-18(23)20(19)14(3)4)21(5,6)15-7-9-16(22)10-8-15/h7-14,22-23H,1-6H3. The molecule has 0 atom stereocenters. The lowest BCUT2D eigenvalue weighted by molar-refractivity contribution is 0.460. The molecular formula is C21H28O2. The third-order valence-corrected chi connectivity index (χ3v) is 4.68. The van der Waals surface area contributed by atoms with Gasteiger partial charge in [-0.05, 0) is 46.7 Å². The van der Waals surface area contributed by atoms with Crippen molar-refractivity contribution in [2.75, 3.05) is 0 Å². The topological polar surface area (TPSA) is 40.5 Å². The van der Waals surface area contributed by atoms with Gasteiger partial charge in [-0.25, -0.2) is 0 Å². The number of hydrogen-bond acceptors (Lipinski definition) is 2. The highest BCUT2D eigenvalue weighted by molar-refractivity contribution is 5.53. The number of aromatic hydroxyl groups is 2. The molecule has 2 nitrogen and oxygen atoms in total. The number of rotatable bonds is 4. The molecule has 0 unspecified atom stereocenters. The van der Waals surface area contributed by atoms with Crippen molar-refractivity contribution in [2.45, 2.75) is 58.8 Å². The SMILES string of the molecule is CC(C)c1c(O)ccc(C(C)(C)c2ccc(O)cc2)c1C(C)C. The van der Waals surface area contributed by atoms with Crippen molar-refractivity contribution in [3.8, 4) is 11.5 Å². The molecular weight excluding hydrogens is 284 g/mol. The average molecular weight is 312 g/mol. The van der Waals surface area contributed by atoms with Crippen LogP contribution in [0.15, 0.2) is 36.4 Å². The van der Waals surface area contributed by atoms with E-state index >= 15 is 0 Å². The van der Waals surface area contributed by atoms with Crippen LogP contribution in [0.5, 0.6) is 11.5 Å². The highest BCUT2D eigenvalue weighted by Crippen LogP contribution is 2.43. The molecule has 0 saturated carbocycles. The second-order valence-corrected chi connectivity index (χ2v) is 7.44. The van der Waals surface area contributed by atoms with Crippen LogP contribution in [0.2, 0.25) is 0 Å². The van der Waals surface area contributed by atoms with E-state index in [4.69, 9.17) is 0 Å². The Labute approximate surface area is 139 Å². The predicted molar refractivity (Wildman–Crippen MR) is 96.5 cm³/mol. The van der Waals surface area contributed by atoms with Crippen molar-refractivity contribution in [3.63, 3.8) is 0 Å². The first-order chi connectivity index (χ1) is 10.7. The van der Waals surface area contributed by atoms with Gasteiger partial charge in [0.15, 0.2) is 0 Å². The van der Waals surface area contributed by atoms with Gasteiger partial charge in [-0.3, -0.25) is 0 Å². The molecule has 0 aliphatic heterocycles. The first kappa shape index (κ1) is 17.4. The van der Waals surface area contributed by atoms with E-state index in [1.807, 2.05) is 24.3 Å². The van der Waals surface area contributed by atoms with Crippen LogP contribution in [0, 0.1) is 0 Å². The molecule has 2 N–H and O–H groups in total. The predicted octanol–water partition coefficient (Wildman–Crippen LogP) is 5.67. The van der Waals surface area contributed by atoms with E-state index in [0.717, 1.165) is 11.1 Å². The minimum absolute atomic E-state index is 0.204. The van der Waals surface area contributed by atoms with Gasteiger partial charge in [0.1, 0.15) is 11.5 Å². The van der Waals surface area contributed by atoms with Crippen LogP contribution in [0.25, 0.3) is 0 Å². The Morgan fingerprint density at radius 1 is 0.739 bits per heavy atom. The van der Waals surface area contributed by atoms with Crippen LogP contribution in [-0.2, 0) is 5.41 Å². The maximum atomic E-state index is 10.4. The summed E-state index contributed by atoms with van der Waals surface area (Å²) in [5.74, 6) is 1.25. The molecule has 0 bridgehead atoms. The summed E-state index contributed by atoms with van der Waals surface area (Å²) < 4.78 is 0. The lowest BCUT2D eigenvalue weighted by atomic mass is 9.72. The number of phenolic OH excluding ortho intramolecular Hbond substituents is 2. The Bertz CT molecular complexity index is 680. The van der Waals surface area contributed by atoms with Crippen LogP contribution in [-0.4, -0.2) is 10.2 Å². The Morgan fingerprint density at radius 2 is 1.26 bits per heavy atom. The fourth-order valence-electron chi connectivity index (χ4n) is 3.43. The highest BCUT2D eigenvalue weighted by atomic mass is 16.3. The van der Waals surface area contributed by atoms with Gasteiger partial charge in [-0.2, -0.15) is 0 Å². The maximum Gasteiger partial charge on any atom is 0.119 e. The van der Waals surface area contributed by atoms with Gasteiger partial charge < -0.3 is 10.2 Å². The molecule has 2 rings (SSSR count). The van der Waals surface area contributed by atoms with Gasteiger partial charge in [0.2, 0.25) is 0 Å². The zero-order valence-corrected chi connectivity index (χ0v) is 15.0. The largest absolute Gasteiger partial charge is 0.508 e. The van der Waals surface area contributed by atoms with Crippen molar-refractivity contribution in [2.24, 2.45) is 0 Å². The summed E-state index contributed by atoms with van der Waals surface area (Å²) in [6.07, 6.45) is 0.